The predicted octanol–water partition coefficient (Wildman–Crippen LogP) is 2.83. The fourth-order valence-electron chi connectivity index (χ4n) is 11.3. The number of likely N-dealkylation sites (N-methyl/N-ethyl adjacent to an activating group) is 2. The molecule has 2 amide bonds. The number of urea groups is 1. The Labute approximate surface area is 416 Å². The summed E-state index contributed by atoms with van der Waals surface area (Å²) in [6, 6.07) is 3.45. The first-order valence-corrected chi connectivity index (χ1v) is 26.8. The number of benzene rings is 1. The molecule has 1 unspecified atom stereocenters. The number of esters is 1. The molecule has 20 heteroatoms. The number of halogens is 1. The van der Waals surface area contributed by atoms with Crippen LogP contribution in [0.4, 0.5) is 9.18 Å². The summed E-state index contributed by atoms with van der Waals surface area (Å²) in [6.07, 6.45) is -6.90. The zero-order chi connectivity index (χ0) is 52.8. The summed E-state index contributed by atoms with van der Waals surface area (Å²) in [7, 11) is 1.71. The SMILES string of the molecule is CC[C@H]1OC(=O)[C@H](C)[C@@H](C2C[C@@](C)(OC)[C@@H](O)[C@H](C)O2)[C@H](C)[C@@H](O[C@@H]2O[C@H](C)C[C@H](N(C)CCNC(=O)N[C@H](CF)Cc3ccc(S(C)(=O)=O)cc3)[C@H]2O)[C@](C)(O)C[C@@H](C)CN(C)[C@H](C)[C@@H](O)[C@]1(C)O. The second kappa shape index (κ2) is 24.6. The normalized spacial score (nSPS) is 40.4. The lowest BCUT2D eigenvalue weighted by Gasteiger charge is -2.51. The third-order valence-corrected chi connectivity index (χ3v) is 16.7. The number of methoxy groups -OCH3 is 1. The maximum absolute atomic E-state index is 14.6. The summed E-state index contributed by atoms with van der Waals surface area (Å²) < 4.78 is 69.6. The molecule has 1 aromatic rings. The molecule has 3 aliphatic heterocycles. The van der Waals surface area contributed by atoms with Crippen LogP contribution in [0.3, 0.4) is 0 Å². The van der Waals surface area contributed by atoms with Gasteiger partial charge in [-0.05, 0) is 111 Å². The van der Waals surface area contributed by atoms with Crippen molar-refractivity contribution < 1.29 is 71.6 Å². The number of nitrogens with zero attached hydrogens (tertiary/aromatic N) is 2. The number of sulfone groups is 1. The van der Waals surface area contributed by atoms with Gasteiger partial charge in [0, 0.05) is 57.4 Å². The molecule has 3 fully saturated rings. The van der Waals surface area contributed by atoms with Gasteiger partial charge in [0.2, 0.25) is 0 Å². The van der Waals surface area contributed by atoms with Crippen molar-refractivity contribution in [3.05, 3.63) is 29.8 Å². The molecule has 404 valence electrons. The minimum absolute atomic E-state index is 0.129. The Balaban J connectivity index is 1.63. The fraction of sp³-hybridized carbons (Fsp3) is 0.840. The van der Waals surface area contributed by atoms with E-state index in [1.807, 2.05) is 37.6 Å². The number of nitrogens with one attached hydrogen (secondary N) is 2. The van der Waals surface area contributed by atoms with E-state index in [1.54, 1.807) is 60.7 Å². The first-order chi connectivity index (χ1) is 32.4. The van der Waals surface area contributed by atoms with E-state index >= 15 is 0 Å². The molecule has 3 heterocycles. The van der Waals surface area contributed by atoms with E-state index in [2.05, 4.69) is 10.6 Å². The fourth-order valence-corrected chi connectivity index (χ4v) is 11.9. The molecule has 0 spiro atoms. The van der Waals surface area contributed by atoms with Gasteiger partial charge in [-0.2, -0.15) is 0 Å². The highest BCUT2D eigenvalue weighted by Gasteiger charge is 2.55. The third kappa shape index (κ3) is 14.6. The van der Waals surface area contributed by atoms with Gasteiger partial charge in [0.25, 0.3) is 0 Å². The maximum atomic E-state index is 14.6. The van der Waals surface area contributed by atoms with Crippen molar-refractivity contribution in [2.45, 2.75) is 196 Å². The minimum Gasteiger partial charge on any atom is -0.459 e. The number of aliphatic hydroxyl groups is 5. The monoisotopic (exact) mass is 1020 g/mol. The summed E-state index contributed by atoms with van der Waals surface area (Å²) in [5.74, 6) is -3.38. The Kier molecular flexibility index (Phi) is 21.1. The molecule has 4 rings (SSSR count). The molecule has 0 saturated carbocycles. The van der Waals surface area contributed by atoms with Crippen molar-refractivity contribution in [3.8, 4) is 0 Å². The molecular weight excluding hydrogens is 932 g/mol. The Morgan fingerprint density at radius 1 is 1.01 bits per heavy atom. The molecule has 0 radical (unpaired) electrons. The number of hydrogen-bond acceptors (Lipinski definition) is 16. The van der Waals surface area contributed by atoms with Gasteiger partial charge in [-0.25, -0.2) is 17.6 Å². The van der Waals surface area contributed by atoms with E-state index in [4.69, 9.17) is 23.7 Å². The molecular formula is C50H87FN4O14S. The predicted molar refractivity (Wildman–Crippen MR) is 261 cm³/mol. The van der Waals surface area contributed by atoms with Crippen LogP contribution in [0.2, 0.25) is 0 Å². The average molecular weight is 1020 g/mol. The lowest BCUT2D eigenvalue weighted by atomic mass is 9.68. The van der Waals surface area contributed by atoms with Crippen LogP contribution in [-0.4, -0.2) is 200 Å². The third-order valence-electron chi connectivity index (χ3n) is 15.6. The van der Waals surface area contributed by atoms with Crippen LogP contribution in [0.1, 0.15) is 100 Å². The summed E-state index contributed by atoms with van der Waals surface area (Å²) in [4.78, 5) is 31.4. The molecule has 70 heavy (non-hydrogen) atoms. The molecule has 1 aromatic carbocycles. The first kappa shape index (κ1) is 60.0. The second-order valence-corrected chi connectivity index (χ2v) is 23.7. The molecule has 3 aliphatic rings. The van der Waals surface area contributed by atoms with Gasteiger partial charge in [-0.15, -0.1) is 0 Å². The number of alkyl halides is 1. The van der Waals surface area contributed by atoms with Crippen LogP contribution in [0.15, 0.2) is 29.2 Å². The molecule has 0 aromatic heterocycles. The summed E-state index contributed by atoms with van der Waals surface area (Å²) in [5.41, 5.74) is -3.93. The molecule has 19 atom stereocenters. The minimum atomic E-state index is -3.40. The Morgan fingerprint density at radius 3 is 2.21 bits per heavy atom. The Morgan fingerprint density at radius 2 is 1.64 bits per heavy atom. The number of hydrogen-bond donors (Lipinski definition) is 7. The molecule has 0 aliphatic carbocycles. The number of carbonyl (C=O) groups excluding carboxylic acids is 2. The van der Waals surface area contributed by atoms with Crippen LogP contribution in [0.5, 0.6) is 0 Å². The second-order valence-electron chi connectivity index (χ2n) is 21.6. The molecule has 7 N–H and O–H groups in total. The maximum Gasteiger partial charge on any atom is 0.315 e. The van der Waals surface area contributed by atoms with Crippen LogP contribution >= 0.6 is 0 Å². The van der Waals surface area contributed by atoms with Crippen molar-refractivity contribution in [2.75, 3.05) is 53.8 Å². The zero-order valence-corrected chi connectivity index (χ0v) is 44.8. The summed E-state index contributed by atoms with van der Waals surface area (Å²) in [6.45, 7) is 17.5. The van der Waals surface area contributed by atoms with Crippen LogP contribution in [0, 0.1) is 23.7 Å². The topological polar surface area (TPSA) is 246 Å². The Hall–Kier alpha value is -2.60. The van der Waals surface area contributed by atoms with E-state index in [0.29, 0.717) is 18.5 Å². The van der Waals surface area contributed by atoms with Crippen LogP contribution in [-0.2, 0) is 44.7 Å². The lowest BCUT2D eigenvalue weighted by molar-refractivity contribution is -0.302. The lowest BCUT2D eigenvalue weighted by Crippen LogP contribution is -2.62. The van der Waals surface area contributed by atoms with Crippen LogP contribution in [0.25, 0.3) is 0 Å². The van der Waals surface area contributed by atoms with Crippen molar-refractivity contribution in [2.24, 2.45) is 23.7 Å². The first-order valence-electron chi connectivity index (χ1n) is 24.9. The smallest absolute Gasteiger partial charge is 0.315 e. The van der Waals surface area contributed by atoms with E-state index in [9.17, 15) is 47.9 Å². The van der Waals surface area contributed by atoms with Crippen molar-refractivity contribution in [1.82, 2.24) is 20.4 Å². The van der Waals surface area contributed by atoms with Crippen molar-refractivity contribution in [1.29, 1.82) is 0 Å². The van der Waals surface area contributed by atoms with Gasteiger partial charge in [0.1, 0.15) is 36.7 Å². The highest BCUT2D eigenvalue weighted by Crippen LogP contribution is 2.45. The van der Waals surface area contributed by atoms with E-state index in [1.165, 1.54) is 26.2 Å². The van der Waals surface area contributed by atoms with Crippen molar-refractivity contribution in [3.63, 3.8) is 0 Å². The van der Waals surface area contributed by atoms with Gasteiger partial charge in [0.15, 0.2) is 16.1 Å². The van der Waals surface area contributed by atoms with Gasteiger partial charge in [-0.1, -0.05) is 39.8 Å². The number of carbonyl (C=O) groups is 2. The van der Waals surface area contributed by atoms with E-state index in [0.717, 1.165) is 6.26 Å². The van der Waals surface area contributed by atoms with E-state index in [-0.39, 0.29) is 49.6 Å². The number of aliphatic hydroxyl groups excluding tert-OH is 3. The molecule has 3 saturated heterocycles. The zero-order valence-electron chi connectivity index (χ0n) is 44.0. The number of amides is 2. The summed E-state index contributed by atoms with van der Waals surface area (Å²) >= 11 is 0. The Bertz CT molecular complexity index is 1950. The highest BCUT2D eigenvalue weighted by atomic mass is 32.2. The number of rotatable bonds is 14. The quantitative estimate of drug-likeness (QED) is 0.133. The average Bonchev–Trinajstić information content (AvgIpc) is 3.28. The van der Waals surface area contributed by atoms with E-state index < -0.39 is 136 Å². The number of ether oxygens (including phenoxy) is 5. The summed E-state index contributed by atoms with van der Waals surface area (Å²) in [5, 5.41) is 65.2. The largest absolute Gasteiger partial charge is 0.459 e. The van der Waals surface area contributed by atoms with Gasteiger partial charge >= 0.3 is 12.0 Å². The van der Waals surface area contributed by atoms with Gasteiger partial charge < -0.3 is 64.8 Å². The number of cyclic esters (lactones) is 1. The molecule has 18 nitrogen and oxygen atoms in total. The highest BCUT2D eigenvalue weighted by molar-refractivity contribution is 7.90. The standard InChI is InChI=1S/C50H87FN4O14S/c1-15-39-50(10,62)42(57)32(6)55(12)27-28(2)24-48(8,61)44(30(4)40(31(5)45(59)68-39)38-25-49(9,65-13)43(58)33(7)67-38)69-46-41(56)37(22-29(3)66-46)54(11)21-20-52-47(60)53-35(26-51)23-34-16-18-36(19-17-34)70(14,63)64/h16-19,28-33,35,37-44,46,56-58,61-62H,15,20-27H2,1-14H3,(H2,52,53,60)/t28-,29-,30+,31-,32-,33+,35+,37+,38?,39-,40+,41-,42-,43+,44-,46+,48-,49-,50-/m1/s1. The van der Waals surface area contributed by atoms with Gasteiger partial charge in [0.05, 0.1) is 52.5 Å². The van der Waals surface area contributed by atoms with Crippen LogP contribution < -0.4 is 10.6 Å². The van der Waals surface area contributed by atoms with Crippen molar-refractivity contribution >= 4 is 21.8 Å². The van der Waals surface area contributed by atoms with Gasteiger partial charge in [-0.3, -0.25) is 9.69 Å². The molecule has 0 bridgehead atoms.